The highest BCUT2D eigenvalue weighted by Gasteiger charge is 2.33. The molecule has 8 heteroatoms. The third-order valence-corrected chi connectivity index (χ3v) is 8.22. The van der Waals surface area contributed by atoms with Crippen LogP contribution in [0, 0.1) is 0 Å². The van der Waals surface area contributed by atoms with Crippen molar-refractivity contribution in [2.75, 3.05) is 46.6 Å². The highest BCUT2D eigenvalue weighted by Crippen LogP contribution is 2.41. The second-order valence-electron chi connectivity index (χ2n) is 10.2. The van der Waals surface area contributed by atoms with Gasteiger partial charge in [0, 0.05) is 48.3 Å². The van der Waals surface area contributed by atoms with Crippen LogP contribution in [0.3, 0.4) is 0 Å². The maximum Gasteiger partial charge on any atom is 0.231 e. The van der Waals surface area contributed by atoms with Gasteiger partial charge >= 0.3 is 0 Å². The molecule has 1 amide bonds. The third kappa shape index (κ3) is 5.94. The number of ether oxygens (including phenoxy) is 2. The van der Waals surface area contributed by atoms with Crippen LogP contribution in [0.15, 0.2) is 36.4 Å². The number of carbonyl (C=O) groups is 1. The Bertz CT molecular complexity index is 1050. The first-order valence-corrected chi connectivity index (χ1v) is 13.8. The lowest BCUT2D eigenvalue weighted by Gasteiger charge is -2.43. The number of rotatable bonds is 7. The first-order chi connectivity index (χ1) is 17.5. The van der Waals surface area contributed by atoms with E-state index in [2.05, 4.69) is 15.9 Å². The molecule has 2 aromatic rings. The molecule has 194 valence electrons. The van der Waals surface area contributed by atoms with Gasteiger partial charge in [0.05, 0.1) is 12.5 Å². The van der Waals surface area contributed by atoms with E-state index in [4.69, 9.17) is 32.7 Å². The van der Waals surface area contributed by atoms with Crippen molar-refractivity contribution in [3.05, 3.63) is 57.6 Å². The molecule has 0 spiro atoms. The number of para-hydroxylation sites is 1. The Hall–Kier alpha value is -1.99. The van der Waals surface area contributed by atoms with Crippen molar-refractivity contribution in [2.45, 2.75) is 50.6 Å². The zero-order valence-corrected chi connectivity index (χ0v) is 22.4. The summed E-state index contributed by atoms with van der Waals surface area (Å²) in [6.07, 6.45) is 6.57. The molecule has 2 saturated heterocycles. The van der Waals surface area contributed by atoms with Crippen LogP contribution >= 0.6 is 23.2 Å². The summed E-state index contributed by atoms with van der Waals surface area (Å²) in [6.45, 7) is 5.28. The number of benzene rings is 2. The molecule has 0 N–H and O–H groups in total. The maximum absolute atomic E-state index is 13.2. The average molecular weight is 533 g/mol. The first kappa shape index (κ1) is 25.7. The Balaban J connectivity index is 1.31. The molecule has 3 aliphatic heterocycles. The zero-order chi connectivity index (χ0) is 25.1. The van der Waals surface area contributed by atoms with Crippen LogP contribution in [0.4, 0.5) is 0 Å². The largest absolute Gasteiger partial charge is 0.454 e. The van der Waals surface area contributed by atoms with Crippen LogP contribution in [0.25, 0.3) is 0 Å². The second-order valence-corrected chi connectivity index (χ2v) is 11.1. The Morgan fingerprint density at radius 1 is 1.03 bits per heavy atom. The molecule has 0 radical (unpaired) electrons. The molecule has 0 aromatic heterocycles. The lowest BCUT2D eigenvalue weighted by atomic mass is 9.95. The molecule has 1 atom stereocenters. The number of hydrogen-bond acceptors (Lipinski definition) is 5. The summed E-state index contributed by atoms with van der Waals surface area (Å²) >= 11 is 12.3. The molecule has 5 rings (SSSR count). The highest BCUT2D eigenvalue weighted by atomic mass is 35.5. The molecule has 0 bridgehead atoms. The van der Waals surface area contributed by atoms with Gasteiger partial charge in [0.2, 0.25) is 12.7 Å². The summed E-state index contributed by atoms with van der Waals surface area (Å²) < 4.78 is 11.6. The number of carbonyl (C=O) groups excluding carboxylic acids is 1. The van der Waals surface area contributed by atoms with Crippen molar-refractivity contribution in [1.82, 2.24) is 14.7 Å². The number of likely N-dealkylation sites (N-methyl/N-ethyl adjacent to an activating group) is 1. The average Bonchev–Trinajstić information content (AvgIpc) is 3.36. The Morgan fingerprint density at radius 3 is 2.47 bits per heavy atom. The van der Waals surface area contributed by atoms with Gasteiger partial charge in [-0.2, -0.15) is 0 Å². The standard InChI is InChI=1S/C28H35Cl2N3O3/c1-31(27(34)16-20-14-21(29)17-22(30)15-20)18-25(24-6-5-7-26-28(24)36-19-35-26)33-12-8-23(9-13-33)32-10-3-2-4-11-32/h5-7,14-15,17,23,25H,2-4,8-13,16,18-19H2,1H3. The van der Waals surface area contributed by atoms with Crippen LogP contribution in [-0.4, -0.2) is 73.2 Å². The summed E-state index contributed by atoms with van der Waals surface area (Å²) in [5, 5.41) is 1.08. The minimum atomic E-state index is 0.0286. The predicted molar refractivity (Wildman–Crippen MR) is 143 cm³/mol. The van der Waals surface area contributed by atoms with Gasteiger partial charge in [-0.3, -0.25) is 9.69 Å². The third-order valence-electron chi connectivity index (χ3n) is 7.78. The first-order valence-electron chi connectivity index (χ1n) is 13.0. The van der Waals surface area contributed by atoms with Crippen molar-refractivity contribution in [3.8, 4) is 11.5 Å². The lowest BCUT2D eigenvalue weighted by Crippen LogP contribution is -2.49. The van der Waals surface area contributed by atoms with Gasteiger partial charge in [-0.15, -0.1) is 0 Å². The SMILES string of the molecule is CN(CC(c1cccc2c1OCO2)N1CCC(N2CCCCC2)CC1)C(=O)Cc1cc(Cl)cc(Cl)c1. The van der Waals surface area contributed by atoms with Gasteiger partial charge in [0.1, 0.15) is 0 Å². The van der Waals surface area contributed by atoms with Gasteiger partial charge < -0.3 is 19.3 Å². The Kier molecular flexibility index (Phi) is 8.26. The summed E-state index contributed by atoms with van der Waals surface area (Å²) in [7, 11) is 1.88. The molecular formula is C28H35Cl2N3O3. The minimum Gasteiger partial charge on any atom is -0.454 e. The quantitative estimate of drug-likeness (QED) is 0.477. The summed E-state index contributed by atoms with van der Waals surface area (Å²) in [6, 6.07) is 12.1. The van der Waals surface area contributed by atoms with Crippen molar-refractivity contribution in [3.63, 3.8) is 0 Å². The van der Waals surface area contributed by atoms with E-state index in [1.54, 1.807) is 18.2 Å². The molecular weight excluding hydrogens is 497 g/mol. The van der Waals surface area contributed by atoms with Crippen molar-refractivity contribution in [2.24, 2.45) is 0 Å². The second kappa shape index (κ2) is 11.6. The summed E-state index contributed by atoms with van der Waals surface area (Å²) in [5.74, 6) is 1.62. The van der Waals surface area contributed by atoms with Crippen molar-refractivity contribution < 1.29 is 14.3 Å². The van der Waals surface area contributed by atoms with E-state index in [0.717, 1.165) is 48.6 Å². The molecule has 3 aliphatic rings. The topological polar surface area (TPSA) is 45.3 Å². The van der Waals surface area contributed by atoms with Crippen molar-refractivity contribution in [1.29, 1.82) is 0 Å². The highest BCUT2D eigenvalue weighted by molar-refractivity contribution is 6.34. The molecule has 3 heterocycles. The van der Waals surface area contributed by atoms with Gasteiger partial charge in [0.15, 0.2) is 11.5 Å². The van der Waals surface area contributed by atoms with Crippen LogP contribution in [0.2, 0.25) is 10.0 Å². The van der Waals surface area contributed by atoms with Gasteiger partial charge in [0.25, 0.3) is 0 Å². The summed E-state index contributed by atoms with van der Waals surface area (Å²) in [5.41, 5.74) is 1.91. The van der Waals surface area contributed by atoms with E-state index in [9.17, 15) is 4.79 Å². The Morgan fingerprint density at radius 2 is 1.75 bits per heavy atom. The molecule has 6 nitrogen and oxygen atoms in total. The molecule has 36 heavy (non-hydrogen) atoms. The number of nitrogens with zero attached hydrogens (tertiary/aromatic N) is 3. The van der Waals surface area contributed by atoms with Crippen LogP contribution in [-0.2, 0) is 11.2 Å². The van der Waals surface area contributed by atoms with Gasteiger partial charge in [-0.25, -0.2) is 0 Å². The van der Waals surface area contributed by atoms with E-state index >= 15 is 0 Å². The molecule has 0 aliphatic carbocycles. The fraction of sp³-hybridized carbons (Fsp3) is 0.536. The van der Waals surface area contributed by atoms with E-state index in [1.807, 2.05) is 24.1 Å². The number of piperidine rings is 2. The Labute approximate surface area is 224 Å². The van der Waals surface area contributed by atoms with Gasteiger partial charge in [-0.1, -0.05) is 41.8 Å². The summed E-state index contributed by atoms with van der Waals surface area (Å²) in [4.78, 5) is 20.3. The fourth-order valence-corrected chi connectivity index (χ4v) is 6.43. The van der Waals surface area contributed by atoms with E-state index in [0.29, 0.717) is 22.6 Å². The minimum absolute atomic E-state index is 0.0286. The monoisotopic (exact) mass is 531 g/mol. The molecule has 0 saturated carbocycles. The number of halogens is 2. The van der Waals surface area contributed by atoms with Gasteiger partial charge in [-0.05, 0) is 68.6 Å². The number of fused-ring (bicyclic) bond motifs is 1. The number of amides is 1. The number of likely N-dealkylation sites (tertiary alicyclic amines) is 2. The molecule has 2 fully saturated rings. The molecule has 1 unspecified atom stereocenters. The van der Waals surface area contributed by atoms with E-state index in [-0.39, 0.29) is 25.2 Å². The van der Waals surface area contributed by atoms with Crippen LogP contribution in [0.1, 0.15) is 49.3 Å². The zero-order valence-electron chi connectivity index (χ0n) is 20.9. The lowest BCUT2D eigenvalue weighted by molar-refractivity contribution is -0.130. The normalized spacial score (nSPS) is 19.9. The van der Waals surface area contributed by atoms with Crippen LogP contribution < -0.4 is 9.47 Å². The predicted octanol–water partition coefficient (Wildman–Crippen LogP) is 5.41. The van der Waals surface area contributed by atoms with Crippen molar-refractivity contribution >= 4 is 29.1 Å². The smallest absolute Gasteiger partial charge is 0.231 e. The van der Waals surface area contributed by atoms with E-state index < -0.39 is 0 Å². The van der Waals surface area contributed by atoms with E-state index in [1.165, 1.54) is 32.4 Å². The molecule has 2 aromatic carbocycles. The maximum atomic E-state index is 13.2. The van der Waals surface area contributed by atoms with Crippen LogP contribution in [0.5, 0.6) is 11.5 Å². The number of hydrogen-bond donors (Lipinski definition) is 0. The fourth-order valence-electron chi connectivity index (χ4n) is 5.86.